The number of sulfonamides is 1. The van der Waals surface area contributed by atoms with E-state index in [4.69, 9.17) is 0 Å². The van der Waals surface area contributed by atoms with E-state index >= 15 is 0 Å². The van der Waals surface area contributed by atoms with Gasteiger partial charge < -0.3 is 5.32 Å². The van der Waals surface area contributed by atoms with E-state index in [1.807, 2.05) is 26.2 Å². The molecule has 0 unspecified atom stereocenters. The number of rotatable bonds is 8. The largest absolute Gasteiger partial charge is 0.313 e. The van der Waals surface area contributed by atoms with Crippen LogP contribution in [0.25, 0.3) is 0 Å². The number of nitrogens with one attached hydrogen (secondary N) is 2. The first-order chi connectivity index (χ1) is 8.39. The van der Waals surface area contributed by atoms with Crippen molar-refractivity contribution in [2.45, 2.75) is 33.2 Å². The van der Waals surface area contributed by atoms with Crippen LogP contribution >= 0.6 is 11.3 Å². The van der Waals surface area contributed by atoms with Crippen LogP contribution in [-0.4, -0.2) is 38.3 Å². The molecule has 2 N–H and O–H groups in total. The molecule has 1 aromatic heterocycles. The molecule has 0 aliphatic heterocycles. The van der Waals surface area contributed by atoms with Crippen molar-refractivity contribution in [2.24, 2.45) is 0 Å². The second-order valence-electron chi connectivity index (χ2n) is 4.45. The fourth-order valence-electron chi connectivity index (χ4n) is 1.39. The molecule has 0 saturated heterocycles. The van der Waals surface area contributed by atoms with E-state index in [0.717, 1.165) is 10.7 Å². The van der Waals surface area contributed by atoms with Gasteiger partial charge in [-0.1, -0.05) is 13.8 Å². The Balaban J connectivity index is 2.25. The summed E-state index contributed by atoms with van der Waals surface area (Å²) in [6, 6.07) is 0.304. The molecular weight excluding hydrogens is 270 g/mol. The lowest BCUT2D eigenvalue weighted by Crippen LogP contribution is -2.35. The van der Waals surface area contributed by atoms with E-state index in [-0.39, 0.29) is 5.75 Å². The molecular formula is C11H21N3O2S2. The van der Waals surface area contributed by atoms with E-state index in [2.05, 4.69) is 15.0 Å². The van der Waals surface area contributed by atoms with Crippen molar-refractivity contribution < 1.29 is 8.42 Å². The number of nitrogens with zero attached hydrogens (tertiary/aromatic N) is 1. The highest BCUT2D eigenvalue weighted by Gasteiger charge is 2.09. The third kappa shape index (κ3) is 6.44. The van der Waals surface area contributed by atoms with Crippen LogP contribution in [0.4, 0.5) is 0 Å². The van der Waals surface area contributed by atoms with Crippen LogP contribution in [0, 0.1) is 6.92 Å². The van der Waals surface area contributed by atoms with E-state index in [9.17, 15) is 8.42 Å². The molecule has 0 atom stereocenters. The molecule has 0 aliphatic rings. The summed E-state index contributed by atoms with van der Waals surface area (Å²) < 4.78 is 25.9. The highest BCUT2D eigenvalue weighted by Crippen LogP contribution is 2.08. The van der Waals surface area contributed by atoms with Crippen molar-refractivity contribution in [1.29, 1.82) is 0 Å². The molecule has 104 valence electrons. The summed E-state index contributed by atoms with van der Waals surface area (Å²) >= 11 is 1.56. The molecule has 18 heavy (non-hydrogen) atoms. The first-order valence-electron chi connectivity index (χ1n) is 6.01. The molecule has 0 amide bonds. The molecule has 1 heterocycles. The monoisotopic (exact) mass is 291 g/mol. The summed E-state index contributed by atoms with van der Waals surface area (Å²) in [5.74, 6) is 0.113. The fraction of sp³-hybridized carbons (Fsp3) is 0.727. The highest BCUT2D eigenvalue weighted by molar-refractivity contribution is 7.89. The Hall–Kier alpha value is -0.500. The zero-order valence-electron chi connectivity index (χ0n) is 11.1. The maximum atomic E-state index is 11.6. The van der Waals surface area contributed by atoms with E-state index in [1.165, 1.54) is 0 Å². The normalized spacial score (nSPS) is 12.2. The molecule has 0 saturated carbocycles. The summed E-state index contributed by atoms with van der Waals surface area (Å²) in [4.78, 5) is 4.29. The van der Waals surface area contributed by atoms with Gasteiger partial charge in [0.25, 0.3) is 0 Å². The Labute approximate surface area is 113 Å². The average Bonchev–Trinajstić information content (AvgIpc) is 2.63. The van der Waals surface area contributed by atoms with Crippen LogP contribution < -0.4 is 10.0 Å². The summed E-state index contributed by atoms with van der Waals surface area (Å²) in [6.45, 7) is 6.80. The van der Waals surface area contributed by atoms with Crippen molar-refractivity contribution in [3.05, 3.63) is 16.1 Å². The third-order valence-electron chi connectivity index (χ3n) is 2.25. The summed E-state index contributed by atoms with van der Waals surface area (Å²) in [7, 11) is -3.18. The van der Waals surface area contributed by atoms with Crippen molar-refractivity contribution in [2.75, 3.05) is 18.8 Å². The topological polar surface area (TPSA) is 71.1 Å². The lowest BCUT2D eigenvalue weighted by Gasteiger charge is -2.09. The Kier molecular flexibility index (Phi) is 6.20. The summed E-state index contributed by atoms with van der Waals surface area (Å²) in [5, 5.41) is 6.02. The predicted octanol–water partition coefficient (Wildman–Crippen LogP) is 0.911. The van der Waals surface area contributed by atoms with Crippen molar-refractivity contribution in [3.63, 3.8) is 0 Å². The highest BCUT2D eigenvalue weighted by atomic mass is 32.2. The van der Waals surface area contributed by atoms with Gasteiger partial charge in [0.15, 0.2) is 0 Å². The first-order valence-corrected chi connectivity index (χ1v) is 8.54. The molecule has 1 rings (SSSR count). The van der Waals surface area contributed by atoms with Crippen LogP contribution in [-0.2, 0) is 16.4 Å². The molecule has 0 radical (unpaired) electrons. The van der Waals surface area contributed by atoms with Gasteiger partial charge in [0.1, 0.15) is 0 Å². The zero-order chi connectivity index (χ0) is 13.6. The molecule has 0 aliphatic carbocycles. The Morgan fingerprint density at radius 3 is 2.67 bits per heavy atom. The minimum Gasteiger partial charge on any atom is -0.313 e. The minimum absolute atomic E-state index is 0.113. The smallest absolute Gasteiger partial charge is 0.212 e. The summed E-state index contributed by atoms with van der Waals surface area (Å²) in [6.07, 6.45) is 0.648. The maximum absolute atomic E-state index is 11.6. The number of thiazole rings is 1. The van der Waals surface area contributed by atoms with Gasteiger partial charge in [-0.15, -0.1) is 11.3 Å². The Morgan fingerprint density at radius 2 is 2.11 bits per heavy atom. The van der Waals surface area contributed by atoms with E-state index < -0.39 is 10.0 Å². The van der Waals surface area contributed by atoms with Crippen LogP contribution in [0.5, 0.6) is 0 Å². The number of hydrogen-bond acceptors (Lipinski definition) is 5. The van der Waals surface area contributed by atoms with Gasteiger partial charge in [0.2, 0.25) is 10.0 Å². The zero-order valence-corrected chi connectivity index (χ0v) is 12.7. The lowest BCUT2D eigenvalue weighted by molar-refractivity contribution is 0.567. The predicted molar refractivity (Wildman–Crippen MR) is 75.5 cm³/mol. The molecule has 0 bridgehead atoms. The number of hydrogen-bond donors (Lipinski definition) is 2. The second kappa shape index (κ2) is 7.18. The Morgan fingerprint density at radius 1 is 1.39 bits per heavy atom. The standard InChI is InChI=1S/C11H21N3O2S2/c1-9(2)12-6-7-18(15,16)13-5-4-11-14-10(3)8-17-11/h8-9,12-13H,4-7H2,1-3H3. The van der Waals surface area contributed by atoms with Gasteiger partial charge in [-0.05, 0) is 6.92 Å². The molecule has 5 nitrogen and oxygen atoms in total. The van der Waals surface area contributed by atoms with Gasteiger partial charge in [-0.2, -0.15) is 0 Å². The van der Waals surface area contributed by atoms with Crippen LogP contribution in [0.3, 0.4) is 0 Å². The van der Waals surface area contributed by atoms with E-state index in [0.29, 0.717) is 25.6 Å². The quantitative estimate of drug-likeness (QED) is 0.747. The van der Waals surface area contributed by atoms with Crippen molar-refractivity contribution >= 4 is 21.4 Å². The lowest BCUT2D eigenvalue weighted by atomic mass is 10.4. The van der Waals surface area contributed by atoms with Gasteiger partial charge >= 0.3 is 0 Å². The van der Waals surface area contributed by atoms with Gasteiger partial charge in [0, 0.05) is 36.6 Å². The van der Waals surface area contributed by atoms with Crippen molar-refractivity contribution in [3.8, 4) is 0 Å². The minimum atomic E-state index is -3.18. The second-order valence-corrected chi connectivity index (χ2v) is 7.32. The van der Waals surface area contributed by atoms with Crippen LogP contribution in [0.1, 0.15) is 24.5 Å². The number of aryl methyl sites for hydroxylation is 1. The van der Waals surface area contributed by atoms with Gasteiger partial charge in [0.05, 0.1) is 10.8 Å². The first kappa shape index (κ1) is 15.6. The number of aromatic nitrogens is 1. The van der Waals surface area contributed by atoms with Crippen molar-refractivity contribution in [1.82, 2.24) is 15.0 Å². The van der Waals surface area contributed by atoms with Crippen LogP contribution in [0.2, 0.25) is 0 Å². The Bertz CT molecular complexity index is 455. The fourth-order valence-corrected chi connectivity index (χ4v) is 3.11. The average molecular weight is 291 g/mol. The van der Waals surface area contributed by atoms with E-state index in [1.54, 1.807) is 11.3 Å². The SMILES string of the molecule is Cc1csc(CCNS(=O)(=O)CCNC(C)C)n1. The molecule has 0 aromatic carbocycles. The summed E-state index contributed by atoms with van der Waals surface area (Å²) in [5.41, 5.74) is 0.985. The van der Waals surface area contributed by atoms with Gasteiger partial charge in [-0.25, -0.2) is 18.1 Å². The molecule has 7 heteroatoms. The van der Waals surface area contributed by atoms with Gasteiger partial charge in [-0.3, -0.25) is 0 Å². The maximum Gasteiger partial charge on any atom is 0.212 e. The third-order valence-corrected chi connectivity index (χ3v) is 4.66. The molecule has 0 fully saturated rings. The molecule has 0 spiro atoms. The van der Waals surface area contributed by atoms with Crippen LogP contribution in [0.15, 0.2) is 5.38 Å². The molecule has 1 aromatic rings.